The van der Waals surface area contributed by atoms with Gasteiger partial charge < -0.3 is 15.2 Å². The van der Waals surface area contributed by atoms with Crippen LogP contribution < -0.4 is 10.5 Å². The average molecular weight is 292 g/mol. The zero-order valence-corrected chi connectivity index (χ0v) is 10.6. The van der Waals surface area contributed by atoms with Crippen LogP contribution in [0, 0.1) is 0 Å². The minimum Gasteiger partial charge on any atom is -0.471 e. The molecule has 1 atom stereocenters. The molecule has 1 saturated heterocycles. The van der Waals surface area contributed by atoms with Crippen LogP contribution in [0.1, 0.15) is 17.7 Å². The zero-order chi connectivity index (χ0) is 14.0. The monoisotopic (exact) mass is 292 g/mol. The van der Waals surface area contributed by atoms with Gasteiger partial charge in [-0.15, -0.1) is 0 Å². The second-order valence-electron chi connectivity index (χ2n) is 4.01. The van der Waals surface area contributed by atoms with E-state index >= 15 is 0 Å². The van der Waals surface area contributed by atoms with Gasteiger partial charge in [0.1, 0.15) is 16.8 Å². The minimum atomic E-state index is -4.54. The van der Waals surface area contributed by atoms with E-state index in [0.29, 0.717) is 19.6 Å². The van der Waals surface area contributed by atoms with Gasteiger partial charge in [0, 0.05) is 6.42 Å². The summed E-state index contributed by atoms with van der Waals surface area (Å²) < 4.78 is 48.3. The number of nitrogens with two attached hydrogens (primary N) is 1. The zero-order valence-electron chi connectivity index (χ0n) is 9.74. The molecule has 104 valence electrons. The Morgan fingerprint density at radius 1 is 1.47 bits per heavy atom. The van der Waals surface area contributed by atoms with Crippen molar-refractivity contribution in [3.8, 4) is 5.88 Å². The number of aromatic nitrogens is 1. The highest BCUT2D eigenvalue weighted by Gasteiger charge is 2.34. The van der Waals surface area contributed by atoms with E-state index in [1.165, 1.54) is 6.07 Å². The molecule has 0 aromatic carbocycles. The summed E-state index contributed by atoms with van der Waals surface area (Å²) in [5.41, 5.74) is 4.60. The van der Waals surface area contributed by atoms with E-state index in [9.17, 15) is 13.2 Å². The van der Waals surface area contributed by atoms with Gasteiger partial charge in [0.25, 0.3) is 0 Å². The molecule has 1 fully saturated rings. The maximum Gasteiger partial charge on any atom is 0.433 e. The summed E-state index contributed by atoms with van der Waals surface area (Å²) in [6.45, 7) is 0.820. The summed E-state index contributed by atoms with van der Waals surface area (Å²) in [5.74, 6) is -0.196. The van der Waals surface area contributed by atoms with E-state index in [4.69, 9.17) is 27.4 Å². The lowest BCUT2D eigenvalue weighted by molar-refractivity contribution is -0.141. The topological polar surface area (TPSA) is 57.4 Å². The molecule has 2 heterocycles. The highest BCUT2D eigenvalue weighted by molar-refractivity contribution is 7.80. The van der Waals surface area contributed by atoms with Crippen LogP contribution in [0.15, 0.2) is 12.1 Å². The lowest BCUT2D eigenvalue weighted by Crippen LogP contribution is -2.21. The molecule has 4 nitrogen and oxygen atoms in total. The SMILES string of the molecule is NC(=S)c1ccc(C(F)(F)F)nc1OC1CCOC1. The van der Waals surface area contributed by atoms with Gasteiger partial charge in [-0.1, -0.05) is 12.2 Å². The molecule has 2 rings (SSSR count). The van der Waals surface area contributed by atoms with Crippen molar-refractivity contribution in [3.63, 3.8) is 0 Å². The highest BCUT2D eigenvalue weighted by atomic mass is 32.1. The van der Waals surface area contributed by atoms with E-state index < -0.39 is 11.9 Å². The Bertz CT molecular complexity index is 487. The van der Waals surface area contributed by atoms with Crippen LogP contribution in [0.4, 0.5) is 13.2 Å². The molecule has 1 aromatic rings. The average Bonchev–Trinajstić information content (AvgIpc) is 2.80. The number of halogens is 3. The summed E-state index contributed by atoms with van der Waals surface area (Å²) in [7, 11) is 0. The van der Waals surface area contributed by atoms with Crippen LogP contribution >= 0.6 is 12.2 Å². The maximum absolute atomic E-state index is 12.6. The molecule has 1 aromatic heterocycles. The van der Waals surface area contributed by atoms with E-state index in [2.05, 4.69) is 4.98 Å². The molecule has 0 radical (unpaired) electrons. The van der Waals surface area contributed by atoms with Crippen molar-refractivity contribution >= 4 is 17.2 Å². The number of alkyl halides is 3. The largest absolute Gasteiger partial charge is 0.471 e. The van der Waals surface area contributed by atoms with E-state index in [1.807, 2.05) is 0 Å². The molecule has 0 amide bonds. The van der Waals surface area contributed by atoms with Crippen molar-refractivity contribution in [2.75, 3.05) is 13.2 Å². The summed E-state index contributed by atoms with van der Waals surface area (Å²) >= 11 is 4.77. The number of nitrogens with zero attached hydrogens (tertiary/aromatic N) is 1. The molecule has 0 spiro atoms. The summed E-state index contributed by atoms with van der Waals surface area (Å²) in [6, 6.07) is 2.00. The molecule has 19 heavy (non-hydrogen) atoms. The first-order valence-corrected chi connectivity index (χ1v) is 5.91. The molecule has 1 unspecified atom stereocenters. The number of pyridine rings is 1. The first kappa shape index (κ1) is 14.0. The third-order valence-electron chi connectivity index (χ3n) is 2.58. The van der Waals surface area contributed by atoms with Crippen molar-refractivity contribution < 1.29 is 22.6 Å². The molecular formula is C11H11F3N2O2S. The molecule has 2 N–H and O–H groups in total. The van der Waals surface area contributed by atoms with E-state index in [0.717, 1.165) is 6.07 Å². The van der Waals surface area contributed by atoms with Gasteiger partial charge in [0.2, 0.25) is 5.88 Å². The molecule has 0 aliphatic carbocycles. The number of hydrogen-bond acceptors (Lipinski definition) is 4. The van der Waals surface area contributed by atoms with Crippen molar-refractivity contribution in [2.24, 2.45) is 5.73 Å². The first-order chi connectivity index (χ1) is 8.88. The van der Waals surface area contributed by atoms with Crippen molar-refractivity contribution in [1.82, 2.24) is 4.98 Å². The van der Waals surface area contributed by atoms with Crippen LogP contribution in [0.3, 0.4) is 0 Å². The maximum atomic E-state index is 12.6. The predicted octanol–water partition coefficient (Wildman–Crippen LogP) is 1.90. The van der Waals surface area contributed by atoms with E-state index in [1.54, 1.807) is 0 Å². The molecule has 8 heteroatoms. The van der Waals surface area contributed by atoms with Gasteiger partial charge >= 0.3 is 6.18 Å². The Kier molecular flexibility index (Phi) is 3.91. The number of thiocarbonyl (C=S) groups is 1. The van der Waals surface area contributed by atoms with Gasteiger partial charge in [0.05, 0.1) is 18.8 Å². The fourth-order valence-electron chi connectivity index (χ4n) is 1.64. The first-order valence-electron chi connectivity index (χ1n) is 5.50. The summed E-state index contributed by atoms with van der Waals surface area (Å²) in [6.07, 6.45) is -4.28. The molecule has 0 bridgehead atoms. The van der Waals surface area contributed by atoms with Crippen LogP contribution in [0.2, 0.25) is 0 Å². The Balaban J connectivity index is 2.32. The fraction of sp³-hybridized carbons (Fsp3) is 0.455. The predicted molar refractivity (Wildman–Crippen MR) is 65.0 cm³/mol. The standard InChI is InChI=1S/C11H11F3N2O2S/c12-11(13,14)8-2-1-7(9(15)19)10(16-8)18-6-3-4-17-5-6/h1-2,6H,3-5H2,(H2,15,19). The fourth-order valence-corrected chi connectivity index (χ4v) is 1.79. The third-order valence-corrected chi connectivity index (χ3v) is 2.80. The van der Waals surface area contributed by atoms with Gasteiger partial charge in [-0.3, -0.25) is 0 Å². The molecule has 0 saturated carbocycles. The minimum absolute atomic E-state index is 0.0601. The lowest BCUT2D eigenvalue weighted by Gasteiger charge is -2.15. The van der Waals surface area contributed by atoms with Crippen molar-refractivity contribution in [1.29, 1.82) is 0 Å². The Hall–Kier alpha value is -1.41. The number of ether oxygens (including phenoxy) is 2. The Morgan fingerprint density at radius 2 is 2.21 bits per heavy atom. The quantitative estimate of drug-likeness (QED) is 0.862. The second-order valence-corrected chi connectivity index (χ2v) is 4.45. The van der Waals surface area contributed by atoms with Gasteiger partial charge in [-0.25, -0.2) is 4.98 Å². The smallest absolute Gasteiger partial charge is 0.433 e. The Labute approximate surface area is 112 Å². The van der Waals surface area contributed by atoms with Gasteiger partial charge in [-0.05, 0) is 12.1 Å². The summed E-state index contributed by atoms with van der Waals surface area (Å²) in [5, 5.41) is 0. The van der Waals surface area contributed by atoms with Crippen LogP contribution in [0.25, 0.3) is 0 Å². The molecular weight excluding hydrogens is 281 g/mol. The summed E-state index contributed by atoms with van der Waals surface area (Å²) in [4.78, 5) is 3.40. The third kappa shape index (κ3) is 3.32. The van der Waals surface area contributed by atoms with E-state index in [-0.39, 0.29) is 22.5 Å². The van der Waals surface area contributed by atoms with Crippen LogP contribution in [0.5, 0.6) is 5.88 Å². The van der Waals surface area contributed by atoms with Crippen LogP contribution in [-0.4, -0.2) is 29.3 Å². The van der Waals surface area contributed by atoms with Gasteiger partial charge in [0.15, 0.2) is 0 Å². The highest BCUT2D eigenvalue weighted by Crippen LogP contribution is 2.30. The molecule has 1 aliphatic heterocycles. The van der Waals surface area contributed by atoms with Gasteiger partial charge in [-0.2, -0.15) is 13.2 Å². The van der Waals surface area contributed by atoms with Crippen molar-refractivity contribution in [2.45, 2.75) is 18.7 Å². The second kappa shape index (κ2) is 5.30. The van der Waals surface area contributed by atoms with Crippen LogP contribution in [-0.2, 0) is 10.9 Å². The number of hydrogen-bond donors (Lipinski definition) is 1. The lowest BCUT2D eigenvalue weighted by atomic mass is 10.2. The number of rotatable bonds is 3. The Morgan fingerprint density at radius 3 is 2.74 bits per heavy atom. The molecule has 1 aliphatic rings. The normalized spacial score (nSPS) is 19.4. The van der Waals surface area contributed by atoms with Crippen molar-refractivity contribution in [3.05, 3.63) is 23.4 Å².